The topological polar surface area (TPSA) is 51.2 Å². The lowest BCUT2D eigenvalue weighted by atomic mass is 10.2. The summed E-state index contributed by atoms with van der Waals surface area (Å²) in [6.45, 7) is 3.91. The van der Waals surface area contributed by atoms with Crippen molar-refractivity contribution in [3.8, 4) is 11.5 Å². The molecule has 3 rings (SSSR count). The number of aryl methyl sites for hydroxylation is 2. The number of anilines is 1. The quantitative estimate of drug-likeness (QED) is 0.749. The first-order valence-corrected chi connectivity index (χ1v) is 8.02. The molecule has 0 aliphatic rings. The molecule has 4 nitrogen and oxygen atoms in total. The zero-order valence-electron chi connectivity index (χ0n) is 12.9. The van der Waals surface area contributed by atoms with Crippen LogP contribution in [0.1, 0.15) is 20.9 Å². The molecule has 1 heterocycles. The van der Waals surface area contributed by atoms with Crippen molar-refractivity contribution in [1.29, 1.82) is 0 Å². The maximum absolute atomic E-state index is 12.2. The summed E-state index contributed by atoms with van der Waals surface area (Å²) in [6, 6.07) is 16.6. The van der Waals surface area contributed by atoms with Gasteiger partial charge in [-0.1, -0.05) is 18.2 Å². The molecule has 116 valence electrons. The first-order chi connectivity index (χ1) is 11.1. The first kappa shape index (κ1) is 15.2. The van der Waals surface area contributed by atoms with E-state index in [1.807, 2.05) is 44.2 Å². The molecule has 1 amide bonds. The molecule has 0 fully saturated rings. The fourth-order valence-electron chi connectivity index (χ4n) is 1.99. The highest BCUT2D eigenvalue weighted by Crippen LogP contribution is 2.23. The molecule has 0 aliphatic carbocycles. The van der Waals surface area contributed by atoms with Gasteiger partial charge in [-0.2, -0.15) is 0 Å². The smallest absolute Gasteiger partial charge is 0.257 e. The highest BCUT2D eigenvalue weighted by atomic mass is 32.1. The molecule has 0 unspecified atom stereocenters. The molecule has 0 bridgehead atoms. The van der Waals surface area contributed by atoms with Crippen LogP contribution >= 0.6 is 11.3 Å². The van der Waals surface area contributed by atoms with Gasteiger partial charge in [-0.25, -0.2) is 4.98 Å². The zero-order chi connectivity index (χ0) is 16.2. The predicted molar refractivity (Wildman–Crippen MR) is 92.5 cm³/mol. The molecular weight excluding hydrogens is 308 g/mol. The summed E-state index contributed by atoms with van der Waals surface area (Å²) in [5, 5.41) is 3.44. The Morgan fingerprint density at radius 1 is 1.00 bits per heavy atom. The average Bonchev–Trinajstić information content (AvgIpc) is 2.87. The van der Waals surface area contributed by atoms with Gasteiger partial charge in [-0.3, -0.25) is 10.1 Å². The van der Waals surface area contributed by atoms with Crippen molar-refractivity contribution in [2.24, 2.45) is 0 Å². The number of amides is 1. The van der Waals surface area contributed by atoms with E-state index in [1.54, 1.807) is 24.3 Å². The SMILES string of the molecule is Cc1nc(NC(=O)c2ccc(Oc3ccccc3)cc2)sc1C. The second-order valence-corrected chi connectivity index (χ2v) is 6.26. The van der Waals surface area contributed by atoms with Gasteiger partial charge in [-0.15, -0.1) is 11.3 Å². The molecule has 5 heteroatoms. The van der Waals surface area contributed by atoms with E-state index < -0.39 is 0 Å². The molecule has 1 aromatic heterocycles. The molecule has 0 radical (unpaired) electrons. The highest BCUT2D eigenvalue weighted by Gasteiger charge is 2.10. The molecule has 0 saturated carbocycles. The third-order valence-electron chi connectivity index (χ3n) is 3.34. The normalized spacial score (nSPS) is 10.3. The maximum Gasteiger partial charge on any atom is 0.257 e. The van der Waals surface area contributed by atoms with Crippen LogP contribution in [0.25, 0.3) is 0 Å². The van der Waals surface area contributed by atoms with Gasteiger partial charge in [0.05, 0.1) is 5.69 Å². The third-order valence-corrected chi connectivity index (χ3v) is 4.33. The molecule has 2 aromatic carbocycles. The van der Waals surface area contributed by atoms with Crippen molar-refractivity contribution in [2.45, 2.75) is 13.8 Å². The summed E-state index contributed by atoms with van der Waals surface area (Å²) in [4.78, 5) is 17.6. The zero-order valence-corrected chi connectivity index (χ0v) is 13.7. The fraction of sp³-hybridized carbons (Fsp3) is 0.111. The number of benzene rings is 2. The Hall–Kier alpha value is -2.66. The number of para-hydroxylation sites is 1. The molecular formula is C18H16N2O2S. The Balaban J connectivity index is 1.67. The first-order valence-electron chi connectivity index (χ1n) is 7.20. The fourth-order valence-corrected chi connectivity index (χ4v) is 2.80. The summed E-state index contributed by atoms with van der Waals surface area (Å²) < 4.78 is 5.71. The number of nitrogens with one attached hydrogen (secondary N) is 1. The predicted octanol–water partition coefficient (Wildman–Crippen LogP) is 4.80. The summed E-state index contributed by atoms with van der Waals surface area (Å²) in [6.07, 6.45) is 0. The van der Waals surface area contributed by atoms with Crippen LogP contribution in [-0.4, -0.2) is 10.9 Å². The van der Waals surface area contributed by atoms with Crippen LogP contribution < -0.4 is 10.1 Å². The van der Waals surface area contributed by atoms with Gasteiger partial charge in [0.15, 0.2) is 5.13 Å². The van der Waals surface area contributed by atoms with E-state index in [0.29, 0.717) is 16.4 Å². The number of rotatable bonds is 4. The average molecular weight is 324 g/mol. The molecule has 0 aliphatic heterocycles. The van der Waals surface area contributed by atoms with Crippen LogP contribution in [0.4, 0.5) is 5.13 Å². The largest absolute Gasteiger partial charge is 0.457 e. The van der Waals surface area contributed by atoms with Gasteiger partial charge in [0, 0.05) is 10.4 Å². The Morgan fingerprint density at radius 3 is 2.26 bits per heavy atom. The lowest BCUT2D eigenvalue weighted by molar-refractivity contribution is 0.102. The van der Waals surface area contributed by atoms with E-state index in [2.05, 4.69) is 10.3 Å². The number of carbonyl (C=O) groups is 1. The Labute approximate surface area is 138 Å². The Bertz CT molecular complexity index is 791. The number of carbonyl (C=O) groups excluding carboxylic acids is 1. The number of aromatic nitrogens is 1. The second-order valence-electron chi connectivity index (χ2n) is 5.05. The van der Waals surface area contributed by atoms with Crippen LogP contribution in [0.3, 0.4) is 0 Å². The standard InChI is InChI=1S/C18H16N2O2S/c1-12-13(2)23-18(19-12)20-17(21)14-8-10-16(11-9-14)22-15-6-4-3-5-7-15/h3-11H,1-2H3,(H,19,20,21). The maximum atomic E-state index is 12.2. The van der Waals surface area contributed by atoms with Gasteiger partial charge in [0.1, 0.15) is 11.5 Å². The van der Waals surface area contributed by atoms with E-state index in [1.165, 1.54) is 11.3 Å². The van der Waals surface area contributed by atoms with Crippen LogP contribution in [0.15, 0.2) is 54.6 Å². The van der Waals surface area contributed by atoms with Crippen molar-refractivity contribution in [2.75, 3.05) is 5.32 Å². The monoisotopic (exact) mass is 324 g/mol. The van der Waals surface area contributed by atoms with E-state index >= 15 is 0 Å². The lowest BCUT2D eigenvalue weighted by Gasteiger charge is -2.06. The minimum absolute atomic E-state index is 0.176. The highest BCUT2D eigenvalue weighted by molar-refractivity contribution is 7.15. The second kappa shape index (κ2) is 6.62. The van der Waals surface area contributed by atoms with Gasteiger partial charge in [0.2, 0.25) is 0 Å². The van der Waals surface area contributed by atoms with Crippen molar-refractivity contribution in [1.82, 2.24) is 4.98 Å². The number of ether oxygens (including phenoxy) is 1. The van der Waals surface area contributed by atoms with Crippen LogP contribution in [0.2, 0.25) is 0 Å². The lowest BCUT2D eigenvalue weighted by Crippen LogP contribution is -2.11. The summed E-state index contributed by atoms with van der Waals surface area (Å²) in [7, 11) is 0. The van der Waals surface area contributed by atoms with Crippen molar-refractivity contribution < 1.29 is 9.53 Å². The number of hydrogen-bond donors (Lipinski definition) is 1. The molecule has 23 heavy (non-hydrogen) atoms. The summed E-state index contributed by atoms with van der Waals surface area (Å²) >= 11 is 1.47. The number of hydrogen-bond acceptors (Lipinski definition) is 4. The molecule has 0 spiro atoms. The van der Waals surface area contributed by atoms with E-state index in [4.69, 9.17) is 4.74 Å². The van der Waals surface area contributed by atoms with Crippen LogP contribution in [-0.2, 0) is 0 Å². The van der Waals surface area contributed by atoms with Crippen LogP contribution in [0, 0.1) is 13.8 Å². The molecule has 0 atom stereocenters. The van der Waals surface area contributed by atoms with E-state index in [-0.39, 0.29) is 5.91 Å². The van der Waals surface area contributed by atoms with Crippen molar-refractivity contribution >= 4 is 22.4 Å². The molecule has 0 saturated heterocycles. The summed E-state index contributed by atoms with van der Waals surface area (Å²) in [5.74, 6) is 1.28. The summed E-state index contributed by atoms with van der Waals surface area (Å²) in [5.41, 5.74) is 1.51. The Morgan fingerprint density at radius 2 is 1.65 bits per heavy atom. The van der Waals surface area contributed by atoms with Crippen LogP contribution in [0.5, 0.6) is 11.5 Å². The molecule has 3 aromatic rings. The Kier molecular flexibility index (Phi) is 4.39. The van der Waals surface area contributed by atoms with Gasteiger partial charge in [0.25, 0.3) is 5.91 Å². The number of thiazole rings is 1. The molecule has 1 N–H and O–H groups in total. The van der Waals surface area contributed by atoms with Gasteiger partial charge in [-0.05, 0) is 50.2 Å². The van der Waals surface area contributed by atoms with E-state index in [0.717, 1.165) is 16.3 Å². The van der Waals surface area contributed by atoms with Crippen molar-refractivity contribution in [3.63, 3.8) is 0 Å². The van der Waals surface area contributed by atoms with Crippen molar-refractivity contribution in [3.05, 3.63) is 70.7 Å². The minimum atomic E-state index is -0.176. The third kappa shape index (κ3) is 3.76. The minimum Gasteiger partial charge on any atom is -0.457 e. The van der Waals surface area contributed by atoms with Gasteiger partial charge < -0.3 is 4.74 Å². The number of nitrogens with zero attached hydrogens (tertiary/aromatic N) is 1. The van der Waals surface area contributed by atoms with E-state index in [9.17, 15) is 4.79 Å². The van der Waals surface area contributed by atoms with Gasteiger partial charge >= 0.3 is 0 Å².